The summed E-state index contributed by atoms with van der Waals surface area (Å²) in [6.07, 6.45) is 8.48. The SMILES string of the molecule is CCC(Nc1nc(NCc2cccc(OC)c2O)c2ncn(C3CCCCC3)c2n1)C(C)(C)O. The van der Waals surface area contributed by atoms with Crippen molar-refractivity contribution in [2.75, 3.05) is 17.7 Å². The fraction of sp³-hybridized carbons (Fsp3) is 0.560. The lowest BCUT2D eigenvalue weighted by atomic mass is 9.95. The third-order valence-electron chi connectivity index (χ3n) is 6.70. The highest BCUT2D eigenvalue weighted by atomic mass is 16.5. The van der Waals surface area contributed by atoms with Crippen molar-refractivity contribution in [3.05, 3.63) is 30.1 Å². The lowest BCUT2D eigenvalue weighted by Crippen LogP contribution is -2.41. The number of hydrogen-bond acceptors (Lipinski definition) is 8. The first-order valence-electron chi connectivity index (χ1n) is 12.1. The van der Waals surface area contributed by atoms with Gasteiger partial charge in [-0.05, 0) is 39.2 Å². The van der Waals surface area contributed by atoms with E-state index < -0.39 is 5.60 Å². The first-order chi connectivity index (χ1) is 16.3. The summed E-state index contributed by atoms with van der Waals surface area (Å²) in [5, 5.41) is 27.7. The minimum Gasteiger partial charge on any atom is -0.504 e. The second-order valence-electron chi connectivity index (χ2n) is 9.59. The highest BCUT2D eigenvalue weighted by Crippen LogP contribution is 2.33. The van der Waals surface area contributed by atoms with Crippen molar-refractivity contribution >= 4 is 22.9 Å². The number of imidazole rings is 1. The molecule has 3 aromatic rings. The second-order valence-corrected chi connectivity index (χ2v) is 9.59. The van der Waals surface area contributed by atoms with Gasteiger partial charge in [0.1, 0.15) is 0 Å². The molecule has 1 atom stereocenters. The number of aromatic nitrogens is 4. The van der Waals surface area contributed by atoms with Gasteiger partial charge in [0.15, 0.2) is 28.5 Å². The van der Waals surface area contributed by atoms with Gasteiger partial charge in [-0.25, -0.2) is 4.98 Å². The molecule has 1 saturated carbocycles. The maximum Gasteiger partial charge on any atom is 0.227 e. The van der Waals surface area contributed by atoms with E-state index in [1.165, 1.54) is 26.4 Å². The fourth-order valence-corrected chi connectivity index (χ4v) is 4.72. The molecule has 4 N–H and O–H groups in total. The second kappa shape index (κ2) is 10.0. The number of para-hydroxylation sites is 1. The number of benzene rings is 1. The van der Waals surface area contributed by atoms with Crippen molar-refractivity contribution in [2.24, 2.45) is 0 Å². The standard InChI is InChI=1S/C25H36N6O3/c1-5-19(25(2,3)33)28-24-29-22(26-14-16-10-9-13-18(34-4)21(16)32)20-23(30-24)31(15-27-20)17-11-7-6-8-12-17/h9-10,13,15,17,19,32-33H,5-8,11-12,14H2,1-4H3,(H2,26,28,29,30). The third kappa shape index (κ3) is 5.04. The molecule has 184 valence electrons. The van der Waals surface area contributed by atoms with Crippen molar-refractivity contribution < 1.29 is 14.9 Å². The zero-order valence-electron chi connectivity index (χ0n) is 20.5. The molecule has 0 saturated heterocycles. The van der Waals surface area contributed by atoms with Crippen LogP contribution in [0.2, 0.25) is 0 Å². The number of anilines is 2. The average Bonchev–Trinajstić information content (AvgIpc) is 3.25. The Kier molecular flexibility index (Phi) is 7.11. The van der Waals surface area contributed by atoms with Crippen LogP contribution >= 0.6 is 0 Å². The molecular formula is C25H36N6O3. The van der Waals surface area contributed by atoms with Crippen LogP contribution in [0.25, 0.3) is 11.2 Å². The number of aromatic hydroxyl groups is 1. The molecule has 9 nitrogen and oxygen atoms in total. The number of hydrogen-bond donors (Lipinski definition) is 4. The average molecular weight is 469 g/mol. The Morgan fingerprint density at radius 2 is 1.97 bits per heavy atom. The number of rotatable bonds is 9. The van der Waals surface area contributed by atoms with E-state index >= 15 is 0 Å². The van der Waals surface area contributed by atoms with Gasteiger partial charge < -0.3 is 30.2 Å². The molecule has 2 aromatic heterocycles. The van der Waals surface area contributed by atoms with Gasteiger partial charge in [-0.2, -0.15) is 9.97 Å². The van der Waals surface area contributed by atoms with E-state index in [1.54, 1.807) is 19.9 Å². The molecule has 1 aliphatic carbocycles. The molecule has 0 spiro atoms. The number of nitrogens with zero attached hydrogens (tertiary/aromatic N) is 4. The van der Waals surface area contributed by atoms with E-state index in [0.29, 0.717) is 47.6 Å². The first kappa shape index (κ1) is 24.1. The number of phenolic OH excluding ortho intramolecular Hbond substituents is 1. The van der Waals surface area contributed by atoms with Crippen LogP contribution in [-0.2, 0) is 6.54 Å². The van der Waals surface area contributed by atoms with Crippen LogP contribution in [-0.4, -0.2) is 48.5 Å². The van der Waals surface area contributed by atoms with Gasteiger partial charge in [-0.1, -0.05) is 38.3 Å². The fourth-order valence-electron chi connectivity index (χ4n) is 4.72. The van der Waals surface area contributed by atoms with Crippen molar-refractivity contribution in [1.29, 1.82) is 0 Å². The van der Waals surface area contributed by atoms with Crippen LogP contribution in [0, 0.1) is 0 Å². The van der Waals surface area contributed by atoms with Gasteiger partial charge in [0, 0.05) is 18.2 Å². The van der Waals surface area contributed by atoms with E-state index in [-0.39, 0.29) is 11.8 Å². The summed E-state index contributed by atoms with van der Waals surface area (Å²) in [7, 11) is 1.53. The predicted octanol–water partition coefficient (Wildman–Crippen LogP) is 4.62. The van der Waals surface area contributed by atoms with Crippen LogP contribution < -0.4 is 15.4 Å². The van der Waals surface area contributed by atoms with Crippen molar-refractivity contribution in [2.45, 2.75) is 83.5 Å². The number of phenols is 1. The minimum atomic E-state index is -0.934. The summed E-state index contributed by atoms with van der Waals surface area (Å²) < 4.78 is 7.40. The Morgan fingerprint density at radius 1 is 1.21 bits per heavy atom. The summed E-state index contributed by atoms with van der Waals surface area (Å²) in [5.74, 6) is 1.54. The van der Waals surface area contributed by atoms with E-state index in [0.717, 1.165) is 18.5 Å². The maximum atomic E-state index is 10.6. The van der Waals surface area contributed by atoms with E-state index in [4.69, 9.17) is 14.7 Å². The van der Waals surface area contributed by atoms with Crippen LogP contribution in [0.5, 0.6) is 11.5 Å². The van der Waals surface area contributed by atoms with Gasteiger partial charge in [0.2, 0.25) is 5.95 Å². The highest BCUT2D eigenvalue weighted by molar-refractivity contribution is 5.84. The van der Waals surface area contributed by atoms with E-state index in [2.05, 4.69) is 20.2 Å². The monoisotopic (exact) mass is 468 g/mol. The highest BCUT2D eigenvalue weighted by Gasteiger charge is 2.27. The Hall–Kier alpha value is -3.07. The first-order valence-corrected chi connectivity index (χ1v) is 12.1. The number of methoxy groups -OCH3 is 1. The molecule has 2 heterocycles. The Balaban J connectivity index is 1.71. The molecule has 0 aliphatic heterocycles. The summed E-state index contributed by atoms with van der Waals surface area (Å²) >= 11 is 0. The summed E-state index contributed by atoms with van der Waals surface area (Å²) in [6, 6.07) is 5.55. The third-order valence-corrected chi connectivity index (χ3v) is 6.70. The molecule has 9 heteroatoms. The molecule has 0 amide bonds. The van der Waals surface area contributed by atoms with Gasteiger partial charge in [0.05, 0.1) is 25.1 Å². The normalized spacial score (nSPS) is 15.9. The maximum absolute atomic E-state index is 10.6. The van der Waals surface area contributed by atoms with Crippen LogP contribution in [0.15, 0.2) is 24.5 Å². The van der Waals surface area contributed by atoms with Gasteiger partial charge in [-0.3, -0.25) is 0 Å². The van der Waals surface area contributed by atoms with Crippen molar-refractivity contribution in [1.82, 2.24) is 19.5 Å². The van der Waals surface area contributed by atoms with Gasteiger partial charge in [-0.15, -0.1) is 0 Å². The van der Waals surface area contributed by atoms with E-state index in [1.807, 2.05) is 25.4 Å². The molecule has 1 fully saturated rings. The summed E-state index contributed by atoms with van der Waals surface area (Å²) in [4.78, 5) is 14.2. The molecule has 0 bridgehead atoms. The Morgan fingerprint density at radius 3 is 2.65 bits per heavy atom. The zero-order valence-corrected chi connectivity index (χ0v) is 20.5. The summed E-state index contributed by atoms with van der Waals surface area (Å²) in [6.45, 7) is 5.92. The molecule has 34 heavy (non-hydrogen) atoms. The predicted molar refractivity (Wildman–Crippen MR) is 133 cm³/mol. The zero-order chi connectivity index (χ0) is 24.3. The lowest BCUT2D eigenvalue weighted by Gasteiger charge is -2.29. The van der Waals surface area contributed by atoms with Crippen LogP contribution in [0.4, 0.5) is 11.8 Å². The molecule has 0 radical (unpaired) electrons. The molecular weight excluding hydrogens is 432 g/mol. The number of fused-ring (bicyclic) bond motifs is 1. The van der Waals surface area contributed by atoms with Crippen molar-refractivity contribution in [3.63, 3.8) is 0 Å². The number of nitrogens with one attached hydrogen (secondary N) is 2. The Labute approximate surface area is 200 Å². The lowest BCUT2D eigenvalue weighted by molar-refractivity contribution is 0.0577. The largest absolute Gasteiger partial charge is 0.504 e. The smallest absolute Gasteiger partial charge is 0.227 e. The van der Waals surface area contributed by atoms with Crippen molar-refractivity contribution in [3.8, 4) is 11.5 Å². The molecule has 4 rings (SSSR count). The molecule has 1 aromatic carbocycles. The topological polar surface area (TPSA) is 117 Å². The number of ether oxygens (including phenoxy) is 1. The molecule has 1 unspecified atom stereocenters. The summed E-state index contributed by atoms with van der Waals surface area (Å²) in [5.41, 5.74) is 1.22. The minimum absolute atomic E-state index is 0.0990. The number of aliphatic hydroxyl groups is 1. The van der Waals surface area contributed by atoms with Crippen LogP contribution in [0.1, 0.15) is 70.9 Å². The van der Waals surface area contributed by atoms with Gasteiger partial charge >= 0.3 is 0 Å². The quantitative estimate of drug-likeness (QED) is 0.359. The van der Waals surface area contributed by atoms with Gasteiger partial charge in [0.25, 0.3) is 0 Å². The molecule has 1 aliphatic rings. The van der Waals surface area contributed by atoms with E-state index in [9.17, 15) is 10.2 Å². The Bertz CT molecular complexity index is 1120. The van der Waals surface area contributed by atoms with Crippen LogP contribution in [0.3, 0.4) is 0 Å².